The van der Waals surface area contributed by atoms with Gasteiger partial charge >= 0.3 is 0 Å². The lowest BCUT2D eigenvalue weighted by Crippen LogP contribution is -2.22. The van der Waals surface area contributed by atoms with Gasteiger partial charge < -0.3 is 15.6 Å². The van der Waals surface area contributed by atoms with Crippen LogP contribution in [0.2, 0.25) is 0 Å². The van der Waals surface area contributed by atoms with Gasteiger partial charge in [0.05, 0.1) is 12.2 Å². The molecule has 0 radical (unpaired) electrons. The average molecular weight is 223 g/mol. The summed E-state index contributed by atoms with van der Waals surface area (Å²) in [4.78, 5) is 0. The van der Waals surface area contributed by atoms with Gasteiger partial charge in [-0.05, 0) is 38.0 Å². The first-order valence-electron chi connectivity index (χ1n) is 5.57. The van der Waals surface area contributed by atoms with Crippen molar-refractivity contribution < 1.29 is 9.84 Å². The molecule has 0 saturated heterocycles. The number of rotatable bonds is 5. The number of ether oxygens (including phenoxy) is 1. The number of hydrogen-bond donors (Lipinski definition) is 2. The standard InChI is InChI=1S/C13H21NO2/c1-10-4-5-11(9-14)8-12(10)16-7-6-13(2,3)15/h4-5,8,15H,6-7,9,14H2,1-3H3. The van der Waals surface area contributed by atoms with Gasteiger partial charge in [0, 0.05) is 13.0 Å². The van der Waals surface area contributed by atoms with Crippen molar-refractivity contribution in [2.24, 2.45) is 5.73 Å². The number of hydrogen-bond acceptors (Lipinski definition) is 3. The van der Waals surface area contributed by atoms with Crippen LogP contribution in [0.25, 0.3) is 0 Å². The van der Waals surface area contributed by atoms with E-state index in [2.05, 4.69) is 0 Å². The molecule has 3 N–H and O–H groups in total. The van der Waals surface area contributed by atoms with Crippen molar-refractivity contribution in [1.82, 2.24) is 0 Å². The Morgan fingerprint density at radius 3 is 2.62 bits per heavy atom. The van der Waals surface area contributed by atoms with Crippen LogP contribution in [0.15, 0.2) is 18.2 Å². The zero-order valence-electron chi connectivity index (χ0n) is 10.3. The van der Waals surface area contributed by atoms with Crippen LogP contribution in [0.1, 0.15) is 31.4 Å². The van der Waals surface area contributed by atoms with Gasteiger partial charge in [-0.3, -0.25) is 0 Å². The van der Waals surface area contributed by atoms with Crippen LogP contribution >= 0.6 is 0 Å². The normalized spacial score (nSPS) is 11.6. The molecule has 1 aromatic rings. The van der Waals surface area contributed by atoms with E-state index in [-0.39, 0.29) is 0 Å². The fourth-order valence-corrected chi connectivity index (χ4v) is 1.34. The molecule has 0 aromatic heterocycles. The second-order valence-corrected chi connectivity index (χ2v) is 4.71. The Kier molecular flexibility index (Phi) is 4.33. The lowest BCUT2D eigenvalue weighted by molar-refractivity contribution is 0.0552. The van der Waals surface area contributed by atoms with Gasteiger partial charge in [-0.15, -0.1) is 0 Å². The van der Waals surface area contributed by atoms with Crippen LogP contribution in [0.3, 0.4) is 0 Å². The van der Waals surface area contributed by atoms with E-state index in [1.165, 1.54) is 0 Å². The Morgan fingerprint density at radius 2 is 2.06 bits per heavy atom. The van der Waals surface area contributed by atoms with E-state index in [9.17, 15) is 5.11 Å². The Balaban J connectivity index is 2.59. The Morgan fingerprint density at radius 1 is 1.38 bits per heavy atom. The Labute approximate surface area is 97.2 Å². The summed E-state index contributed by atoms with van der Waals surface area (Å²) in [7, 11) is 0. The van der Waals surface area contributed by atoms with Crippen LogP contribution in [0.5, 0.6) is 5.75 Å². The van der Waals surface area contributed by atoms with E-state index >= 15 is 0 Å². The van der Waals surface area contributed by atoms with Crippen molar-refractivity contribution >= 4 is 0 Å². The minimum atomic E-state index is -0.681. The monoisotopic (exact) mass is 223 g/mol. The van der Waals surface area contributed by atoms with Crippen molar-refractivity contribution in [2.45, 2.75) is 39.3 Å². The number of benzene rings is 1. The van der Waals surface area contributed by atoms with E-state index in [1.807, 2.05) is 25.1 Å². The Bertz CT molecular complexity index is 342. The smallest absolute Gasteiger partial charge is 0.122 e. The van der Waals surface area contributed by atoms with Gasteiger partial charge in [0.15, 0.2) is 0 Å². The second-order valence-electron chi connectivity index (χ2n) is 4.71. The van der Waals surface area contributed by atoms with Crippen molar-refractivity contribution in [3.05, 3.63) is 29.3 Å². The van der Waals surface area contributed by atoms with Gasteiger partial charge in [0.1, 0.15) is 5.75 Å². The molecule has 0 unspecified atom stereocenters. The minimum Gasteiger partial charge on any atom is -0.493 e. The molecule has 16 heavy (non-hydrogen) atoms. The van der Waals surface area contributed by atoms with Crippen LogP contribution < -0.4 is 10.5 Å². The minimum absolute atomic E-state index is 0.512. The number of aliphatic hydroxyl groups is 1. The topological polar surface area (TPSA) is 55.5 Å². The highest BCUT2D eigenvalue weighted by molar-refractivity contribution is 5.36. The molecule has 1 aromatic carbocycles. The molecule has 0 bridgehead atoms. The molecule has 0 saturated carbocycles. The summed E-state index contributed by atoms with van der Waals surface area (Å²) in [6, 6.07) is 5.96. The highest BCUT2D eigenvalue weighted by atomic mass is 16.5. The summed E-state index contributed by atoms with van der Waals surface area (Å²) >= 11 is 0. The summed E-state index contributed by atoms with van der Waals surface area (Å²) in [6.45, 7) is 6.58. The third kappa shape index (κ3) is 4.21. The molecule has 0 fully saturated rings. The summed E-state index contributed by atoms with van der Waals surface area (Å²) in [5.74, 6) is 0.854. The van der Waals surface area contributed by atoms with Gasteiger partial charge in [-0.25, -0.2) is 0 Å². The maximum atomic E-state index is 9.57. The molecule has 0 spiro atoms. The Hall–Kier alpha value is -1.06. The van der Waals surface area contributed by atoms with Crippen LogP contribution in [0, 0.1) is 6.92 Å². The maximum absolute atomic E-state index is 9.57. The molecule has 0 atom stereocenters. The highest BCUT2D eigenvalue weighted by Gasteiger charge is 2.12. The molecule has 3 heteroatoms. The lowest BCUT2D eigenvalue weighted by Gasteiger charge is -2.18. The maximum Gasteiger partial charge on any atom is 0.122 e. The third-order valence-electron chi connectivity index (χ3n) is 2.46. The molecule has 0 aliphatic heterocycles. The fraction of sp³-hybridized carbons (Fsp3) is 0.538. The first-order valence-corrected chi connectivity index (χ1v) is 5.57. The largest absolute Gasteiger partial charge is 0.493 e. The van der Waals surface area contributed by atoms with Crippen molar-refractivity contribution in [1.29, 1.82) is 0 Å². The van der Waals surface area contributed by atoms with Crippen molar-refractivity contribution in [2.75, 3.05) is 6.61 Å². The van der Waals surface area contributed by atoms with Gasteiger partial charge in [0.2, 0.25) is 0 Å². The predicted octanol–water partition coefficient (Wildman–Crippen LogP) is 1.99. The average Bonchev–Trinajstić information content (AvgIpc) is 2.19. The van der Waals surface area contributed by atoms with Crippen LogP contribution in [0.4, 0.5) is 0 Å². The molecular weight excluding hydrogens is 202 g/mol. The zero-order valence-corrected chi connectivity index (χ0v) is 10.3. The molecule has 0 heterocycles. The van der Waals surface area contributed by atoms with Gasteiger partial charge in [-0.1, -0.05) is 12.1 Å². The van der Waals surface area contributed by atoms with E-state index in [1.54, 1.807) is 13.8 Å². The zero-order chi connectivity index (χ0) is 12.2. The fourth-order valence-electron chi connectivity index (χ4n) is 1.34. The van der Waals surface area contributed by atoms with E-state index in [0.717, 1.165) is 16.9 Å². The molecule has 0 aliphatic carbocycles. The van der Waals surface area contributed by atoms with E-state index < -0.39 is 5.60 Å². The van der Waals surface area contributed by atoms with Crippen molar-refractivity contribution in [3.63, 3.8) is 0 Å². The molecular formula is C13H21NO2. The van der Waals surface area contributed by atoms with E-state index in [0.29, 0.717) is 19.6 Å². The lowest BCUT2D eigenvalue weighted by atomic mass is 10.1. The second kappa shape index (κ2) is 5.32. The van der Waals surface area contributed by atoms with E-state index in [4.69, 9.17) is 10.5 Å². The quantitative estimate of drug-likeness (QED) is 0.802. The molecule has 0 aliphatic rings. The highest BCUT2D eigenvalue weighted by Crippen LogP contribution is 2.20. The van der Waals surface area contributed by atoms with Crippen LogP contribution in [-0.2, 0) is 6.54 Å². The third-order valence-corrected chi connectivity index (χ3v) is 2.46. The number of nitrogens with two attached hydrogens (primary N) is 1. The predicted molar refractivity (Wildman–Crippen MR) is 65.5 cm³/mol. The molecule has 90 valence electrons. The van der Waals surface area contributed by atoms with Gasteiger partial charge in [-0.2, -0.15) is 0 Å². The summed E-state index contributed by atoms with van der Waals surface area (Å²) in [5, 5.41) is 9.57. The first-order chi connectivity index (χ1) is 7.42. The molecule has 0 amide bonds. The summed E-state index contributed by atoms with van der Waals surface area (Å²) in [5.41, 5.74) is 7.04. The summed E-state index contributed by atoms with van der Waals surface area (Å²) < 4.78 is 5.64. The van der Waals surface area contributed by atoms with Crippen LogP contribution in [-0.4, -0.2) is 17.3 Å². The molecule has 3 nitrogen and oxygen atoms in total. The SMILES string of the molecule is Cc1ccc(CN)cc1OCCC(C)(C)O. The molecule has 1 rings (SSSR count). The first kappa shape index (κ1) is 13.0. The van der Waals surface area contributed by atoms with Crippen molar-refractivity contribution in [3.8, 4) is 5.75 Å². The summed E-state index contributed by atoms with van der Waals surface area (Å²) in [6.07, 6.45) is 0.610. The number of aryl methyl sites for hydroxylation is 1. The van der Waals surface area contributed by atoms with Gasteiger partial charge in [0.25, 0.3) is 0 Å².